The number of aliphatic imine (C=N–C) groups is 1. The van der Waals surface area contributed by atoms with Crippen molar-refractivity contribution in [2.24, 2.45) is 10.7 Å². The molecule has 4 nitrogen and oxygen atoms in total. The molecule has 1 aliphatic rings. The number of hydrogen-bond acceptors (Lipinski definition) is 5. The van der Waals surface area contributed by atoms with Crippen LogP contribution in [-0.2, 0) is 0 Å². The Morgan fingerprint density at radius 3 is 3.08 bits per heavy atom. The Balaban J connectivity index is 2.20. The van der Waals surface area contributed by atoms with Crippen molar-refractivity contribution in [1.82, 2.24) is 9.88 Å². The predicted molar refractivity (Wildman–Crippen MR) is 49.1 cm³/mol. The van der Waals surface area contributed by atoms with Crippen molar-refractivity contribution in [2.45, 2.75) is 6.04 Å². The fraction of sp³-hybridized carbons (Fsp3) is 0.429. The van der Waals surface area contributed by atoms with Crippen LogP contribution >= 0.6 is 11.3 Å². The first-order valence-electron chi connectivity index (χ1n) is 3.70. The highest BCUT2D eigenvalue weighted by Gasteiger charge is 2.24. The lowest BCUT2D eigenvalue weighted by molar-refractivity contribution is 0.419. The normalized spacial score (nSPS) is 22.9. The molecule has 0 spiro atoms. The first kappa shape index (κ1) is 7.54. The maximum Gasteiger partial charge on any atom is 0.191 e. The van der Waals surface area contributed by atoms with E-state index in [9.17, 15) is 0 Å². The highest BCUT2D eigenvalue weighted by Crippen LogP contribution is 2.25. The van der Waals surface area contributed by atoms with Crippen LogP contribution in [0.1, 0.15) is 10.9 Å². The number of aromatic nitrogens is 1. The maximum absolute atomic E-state index is 5.63. The van der Waals surface area contributed by atoms with E-state index in [1.807, 2.05) is 23.7 Å². The molecule has 5 heteroatoms. The Kier molecular flexibility index (Phi) is 1.73. The van der Waals surface area contributed by atoms with Gasteiger partial charge in [-0.05, 0) is 0 Å². The third-order valence-corrected chi connectivity index (χ3v) is 2.91. The minimum Gasteiger partial charge on any atom is -0.370 e. The van der Waals surface area contributed by atoms with Gasteiger partial charge >= 0.3 is 0 Å². The van der Waals surface area contributed by atoms with Crippen LogP contribution in [0.2, 0.25) is 0 Å². The first-order valence-corrected chi connectivity index (χ1v) is 4.58. The van der Waals surface area contributed by atoms with Crippen LogP contribution in [0.4, 0.5) is 0 Å². The standard InChI is InChI=1S/C7H10N4S/c1-11-5(2-10-7(11)8)6-3-9-4-12-6/h3-5H,2H2,1H3,(H2,8,10). The van der Waals surface area contributed by atoms with Crippen molar-refractivity contribution in [1.29, 1.82) is 0 Å². The molecule has 2 N–H and O–H groups in total. The molecule has 0 saturated heterocycles. The summed E-state index contributed by atoms with van der Waals surface area (Å²) in [5.74, 6) is 0.619. The lowest BCUT2D eigenvalue weighted by atomic mass is 10.2. The fourth-order valence-corrected chi connectivity index (χ4v) is 2.00. The molecule has 1 aliphatic heterocycles. The van der Waals surface area contributed by atoms with Gasteiger partial charge in [-0.15, -0.1) is 11.3 Å². The minimum atomic E-state index is 0.303. The van der Waals surface area contributed by atoms with Gasteiger partial charge in [-0.2, -0.15) is 0 Å². The van der Waals surface area contributed by atoms with Crippen molar-refractivity contribution in [3.05, 3.63) is 16.6 Å². The molecule has 0 aliphatic carbocycles. The second kappa shape index (κ2) is 2.75. The van der Waals surface area contributed by atoms with Gasteiger partial charge in [-0.3, -0.25) is 9.98 Å². The Bertz CT molecular complexity index is 292. The number of thiazole rings is 1. The summed E-state index contributed by atoms with van der Waals surface area (Å²) < 4.78 is 0. The molecule has 12 heavy (non-hydrogen) atoms. The molecule has 0 bridgehead atoms. The SMILES string of the molecule is CN1C(N)=NCC1c1cncs1. The zero-order valence-corrected chi connectivity index (χ0v) is 7.58. The molecule has 0 fully saturated rings. The van der Waals surface area contributed by atoms with Crippen LogP contribution in [0.3, 0.4) is 0 Å². The summed E-state index contributed by atoms with van der Waals surface area (Å²) in [6.45, 7) is 0.754. The summed E-state index contributed by atoms with van der Waals surface area (Å²) in [6, 6.07) is 0.303. The molecule has 1 aromatic heterocycles. The van der Waals surface area contributed by atoms with Crippen LogP contribution in [0.5, 0.6) is 0 Å². The predicted octanol–water partition coefficient (Wildman–Crippen LogP) is 0.444. The number of rotatable bonds is 1. The zero-order chi connectivity index (χ0) is 8.55. The Morgan fingerprint density at radius 1 is 1.75 bits per heavy atom. The third-order valence-electron chi connectivity index (χ3n) is 2.03. The highest BCUT2D eigenvalue weighted by atomic mass is 32.1. The van der Waals surface area contributed by atoms with E-state index < -0.39 is 0 Å². The van der Waals surface area contributed by atoms with E-state index in [-0.39, 0.29) is 0 Å². The number of guanidine groups is 1. The Hall–Kier alpha value is -1.10. The number of hydrogen-bond donors (Lipinski definition) is 1. The van der Waals surface area contributed by atoms with E-state index in [0.29, 0.717) is 12.0 Å². The van der Waals surface area contributed by atoms with E-state index in [1.54, 1.807) is 11.3 Å². The number of nitrogens with two attached hydrogens (primary N) is 1. The van der Waals surface area contributed by atoms with Gasteiger partial charge in [0.2, 0.25) is 0 Å². The van der Waals surface area contributed by atoms with Crippen LogP contribution in [0, 0.1) is 0 Å². The lowest BCUT2D eigenvalue weighted by Gasteiger charge is -2.19. The quantitative estimate of drug-likeness (QED) is 0.686. The van der Waals surface area contributed by atoms with E-state index >= 15 is 0 Å². The average molecular weight is 182 g/mol. The maximum atomic E-state index is 5.63. The Morgan fingerprint density at radius 2 is 2.58 bits per heavy atom. The van der Waals surface area contributed by atoms with Gasteiger partial charge in [-0.25, -0.2) is 0 Å². The van der Waals surface area contributed by atoms with Gasteiger partial charge < -0.3 is 10.6 Å². The molecule has 1 unspecified atom stereocenters. The molecular formula is C7H10N4S. The second-order valence-electron chi connectivity index (χ2n) is 2.73. The molecule has 0 amide bonds. The molecule has 2 rings (SSSR count). The van der Waals surface area contributed by atoms with Crippen molar-refractivity contribution in [3.8, 4) is 0 Å². The summed E-state index contributed by atoms with van der Waals surface area (Å²) in [4.78, 5) is 11.4. The lowest BCUT2D eigenvalue weighted by Crippen LogP contribution is -2.31. The van der Waals surface area contributed by atoms with Gasteiger partial charge in [0.1, 0.15) is 0 Å². The monoisotopic (exact) mass is 182 g/mol. The van der Waals surface area contributed by atoms with Gasteiger partial charge in [0, 0.05) is 18.1 Å². The van der Waals surface area contributed by atoms with Gasteiger partial charge in [0.15, 0.2) is 5.96 Å². The fourth-order valence-electron chi connectivity index (χ4n) is 1.24. The summed E-state index contributed by atoms with van der Waals surface area (Å²) in [7, 11) is 1.95. The van der Waals surface area contributed by atoms with Crippen LogP contribution in [0.15, 0.2) is 16.7 Å². The molecular weight excluding hydrogens is 172 g/mol. The molecule has 1 aromatic rings. The average Bonchev–Trinajstić information content (AvgIpc) is 2.64. The van der Waals surface area contributed by atoms with Crippen molar-refractivity contribution < 1.29 is 0 Å². The molecule has 0 radical (unpaired) electrons. The number of nitrogens with zero attached hydrogens (tertiary/aromatic N) is 3. The minimum absolute atomic E-state index is 0.303. The molecule has 64 valence electrons. The molecule has 0 aromatic carbocycles. The summed E-state index contributed by atoms with van der Waals surface area (Å²) in [6.07, 6.45) is 1.87. The van der Waals surface area contributed by atoms with Crippen molar-refractivity contribution >= 4 is 17.3 Å². The largest absolute Gasteiger partial charge is 0.370 e. The van der Waals surface area contributed by atoms with Gasteiger partial charge in [-0.1, -0.05) is 0 Å². The van der Waals surface area contributed by atoms with E-state index in [0.717, 1.165) is 6.54 Å². The first-order chi connectivity index (χ1) is 5.79. The van der Waals surface area contributed by atoms with E-state index in [4.69, 9.17) is 5.73 Å². The Labute approximate surface area is 74.7 Å². The van der Waals surface area contributed by atoms with E-state index in [2.05, 4.69) is 9.98 Å². The topological polar surface area (TPSA) is 54.5 Å². The summed E-state index contributed by atoms with van der Waals surface area (Å²) in [5.41, 5.74) is 7.47. The molecule has 0 saturated carbocycles. The van der Waals surface area contributed by atoms with Crippen molar-refractivity contribution in [2.75, 3.05) is 13.6 Å². The van der Waals surface area contributed by atoms with Crippen LogP contribution in [0.25, 0.3) is 0 Å². The van der Waals surface area contributed by atoms with Gasteiger partial charge in [0.25, 0.3) is 0 Å². The highest BCUT2D eigenvalue weighted by molar-refractivity contribution is 7.09. The zero-order valence-electron chi connectivity index (χ0n) is 6.77. The summed E-state index contributed by atoms with van der Waals surface area (Å²) >= 11 is 1.64. The third kappa shape index (κ3) is 1.06. The van der Waals surface area contributed by atoms with Gasteiger partial charge in [0.05, 0.1) is 18.1 Å². The van der Waals surface area contributed by atoms with Crippen LogP contribution < -0.4 is 5.73 Å². The van der Waals surface area contributed by atoms with E-state index in [1.165, 1.54) is 4.88 Å². The van der Waals surface area contributed by atoms with Crippen LogP contribution in [-0.4, -0.2) is 29.4 Å². The second-order valence-corrected chi connectivity index (χ2v) is 3.65. The van der Waals surface area contributed by atoms with Crippen molar-refractivity contribution in [3.63, 3.8) is 0 Å². The summed E-state index contributed by atoms with van der Waals surface area (Å²) in [5, 5.41) is 0. The number of likely N-dealkylation sites (N-methyl/N-ethyl adjacent to an activating group) is 1. The molecule has 1 atom stereocenters. The molecule has 2 heterocycles. The smallest absolute Gasteiger partial charge is 0.191 e.